The molecule has 0 radical (unpaired) electrons. The summed E-state index contributed by atoms with van der Waals surface area (Å²) in [6.07, 6.45) is 2.03. The van der Waals surface area contributed by atoms with Crippen molar-refractivity contribution in [1.29, 1.82) is 0 Å². The first-order valence-electron chi connectivity index (χ1n) is 11.0. The van der Waals surface area contributed by atoms with Crippen LogP contribution in [0.4, 0.5) is 10.8 Å². The van der Waals surface area contributed by atoms with Gasteiger partial charge in [-0.1, -0.05) is 48.0 Å². The van der Waals surface area contributed by atoms with E-state index >= 15 is 0 Å². The Labute approximate surface area is 205 Å². The van der Waals surface area contributed by atoms with Crippen LogP contribution in [0.3, 0.4) is 0 Å². The van der Waals surface area contributed by atoms with Gasteiger partial charge < -0.3 is 0 Å². The fourth-order valence-electron chi connectivity index (χ4n) is 4.87. The van der Waals surface area contributed by atoms with Crippen LogP contribution in [-0.2, 0) is 6.42 Å². The molecule has 34 heavy (non-hydrogen) atoms. The summed E-state index contributed by atoms with van der Waals surface area (Å²) in [5.41, 5.74) is 6.49. The Balaban J connectivity index is 1.41. The molecule has 4 aromatic rings. The molecule has 1 aromatic heterocycles. The van der Waals surface area contributed by atoms with E-state index in [1.165, 1.54) is 34.6 Å². The Morgan fingerprint density at radius 2 is 1.79 bits per heavy atom. The lowest BCUT2D eigenvalue weighted by Gasteiger charge is -2.29. The number of thiazole rings is 1. The third-order valence-electron chi connectivity index (χ3n) is 6.50. The van der Waals surface area contributed by atoms with Gasteiger partial charge in [-0.2, -0.15) is 5.10 Å². The second kappa shape index (κ2) is 8.34. The average molecular weight is 487 g/mol. The van der Waals surface area contributed by atoms with Crippen LogP contribution in [0, 0.1) is 16.0 Å². The van der Waals surface area contributed by atoms with Crippen LogP contribution >= 0.6 is 22.9 Å². The van der Waals surface area contributed by atoms with Crippen molar-refractivity contribution in [3.63, 3.8) is 0 Å². The summed E-state index contributed by atoms with van der Waals surface area (Å²) in [7, 11) is 0. The number of halogens is 1. The molecule has 2 atom stereocenters. The first-order chi connectivity index (χ1) is 16.6. The first-order valence-corrected chi connectivity index (χ1v) is 12.3. The fourth-order valence-corrected chi connectivity index (χ4v) is 5.82. The number of benzene rings is 3. The molecule has 0 N–H and O–H groups in total. The van der Waals surface area contributed by atoms with Crippen LogP contribution in [0.5, 0.6) is 0 Å². The van der Waals surface area contributed by atoms with Crippen molar-refractivity contribution in [3.8, 4) is 11.3 Å². The normalized spacial score (nSPS) is 18.9. The Kier molecular flexibility index (Phi) is 5.16. The van der Waals surface area contributed by atoms with Crippen molar-refractivity contribution in [2.45, 2.75) is 18.9 Å². The number of rotatable bonds is 4. The zero-order valence-corrected chi connectivity index (χ0v) is 19.5. The number of hydrazone groups is 1. The number of nitro benzene ring substituents is 1. The van der Waals surface area contributed by atoms with Gasteiger partial charge in [0.1, 0.15) is 0 Å². The maximum Gasteiger partial charge on any atom is 0.269 e. The first kappa shape index (κ1) is 21.0. The van der Waals surface area contributed by atoms with E-state index in [2.05, 4.69) is 36.4 Å². The monoisotopic (exact) mass is 486 g/mol. The molecule has 1 aliphatic heterocycles. The summed E-state index contributed by atoms with van der Waals surface area (Å²) in [6.45, 7) is 0. The van der Waals surface area contributed by atoms with Crippen molar-refractivity contribution in [3.05, 3.63) is 110 Å². The average Bonchev–Trinajstić information content (AvgIpc) is 3.50. The molecular weight excluding hydrogens is 468 g/mol. The third kappa shape index (κ3) is 3.57. The van der Waals surface area contributed by atoms with E-state index < -0.39 is 4.92 Å². The van der Waals surface area contributed by atoms with E-state index in [1.807, 2.05) is 22.5 Å². The maximum atomic E-state index is 11.0. The number of aromatic nitrogens is 1. The summed E-state index contributed by atoms with van der Waals surface area (Å²) >= 11 is 7.71. The molecule has 1 aliphatic carbocycles. The molecule has 0 bridgehead atoms. The lowest BCUT2D eigenvalue weighted by molar-refractivity contribution is -0.384. The van der Waals surface area contributed by atoms with Gasteiger partial charge in [0.05, 0.1) is 22.4 Å². The second-order valence-corrected chi connectivity index (χ2v) is 9.72. The number of nitrogens with zero attached hydrogens (tertiary/aromatic N) is 4. The molecule has 6 nitrogen and oxygen atoms in total. The molecule has 2 heterocycles. The highest BCUT2D eigenvalue weighted by molar-refractivity contribution is 7.14. The van der Waals surface area contributed by atoms with Gasteiger partial charge in [-0.05, 0) is 48.2 Å². The minimum Gasteiger partial charge on any atom is -0.258 e. The molecule has 0 unspecified atom stereocenters. The highest BCUT2D eigenvalue weighted by atomic mass is 35.5. The van der Waals surface area contributed by atoms with Crippen LogP contribution in [0.15, 0.2) is 83.3 Å². The minimum absolute atomic E-state index is 0.0245. The summed E-state index contributed by atoms with van der Waals surface area (Å²) in [5, 5.41) is 21.6. The van der Waals surface area contributed by atoms with Crippen LogP contribution < -0.4 is 5.01 Å². The highest BCUT2D eigenvalue weighted by Gasteiger charge is 2.42. The van der Waals surface area contributed by atoms with E-state index in [0.29, 0.717) is 5.02 Å². The number of anilines is 1. The van der Waals surface area contributed by atoms with E-state index in [4.69, 9.17) is 21.7 Å². The second-order valence-electron chi connectivity index (χ2n) is 8.45. The Morgan fingerprint density at radius 3 is 2.56 bits per heavy atom. The zero-order valence-electron chi connectivity index (χ0n) is 18.0. The predicted octanol–water partition coefficient (Wildman–Crippen LogP) is 6.90. The lowest BCUT2D eigenvalue weighted by Crippen LogP contribution is -2.28. The van der Waals surface area contributed by atoms with Gasteiger partial charge in [0.15, 0.2) is 0 Å². The number of fused-ring (bicyclic) bond motifs is 3. The number of hydrogen-bond donors (Lipinski definition) is 0. The van der Waals surface area contributed by atoms with Gasteiger partial charge in [-0.15, -0.1) is 11.3 Å². The number of aryl methyl sites for hydroxylation is 1. The summed E-state index contributed by atoms with van der Waals surface area (Å²) < 4.78 is 0. The number of hydrogen-bond acceptors (Lipinski definition) is 6. The Hall–Kier alpha value is -3.55. The van der Waals surface area contributed by atoms with Crippen molar-refractivity contribution in [1.82, 2.24) is 4.98 Å². The number of nitro groups is 1. The van der Waals surface area contributed by atoms with Crippen molar-refractivity contribution < 1.29 is 4.92 Å². The van der Waals surface area contributed by atoms with Crippen LogP contribution in [0.25, 0.3) is 11.3 Å². The molecule has 0 fully saturated rings. The number of non-ortho nitro benzene ring substituents is 1. The molecule has 8 heteroatoms. The Bertz CT molecular complexity index is 1420. The third-order valence-corrected chi connectivity index (χ3v) is 7.59. The fraction of sp³-hybridized carbons (Fsp3) is 0.154. The molecule has 0 saturated heterocycles. The van der Waals surface area contributed by atoms with Crippen LogP contribution in [0.1, 0.15) is 29.2 Å². The largest absolute Gasteiger partial charge is 0.269 e. The van der Waals surface area contributed by atoms with Gasteiger partial charge >= 0.3 is 0 Å². The summed E-state index contributed by atoms with van der Waals surface area (Å²) in [4.78, 5) is 15.5. The van der Waals surface area contributed by atoms with Gasteiger partial charge in [-0.3, -0.25) is 10.1 Å². The predicted molar refractivity (Wildman–Crippen MR) is 136 cm³/mol. The van der Waals surface area contributed by atoms with Gasteiger partial charge in [0.2, 0.25) is 5.13 Å². The molecule has 2 aliphatic rings. The smallest absolute Gasteiger partial charge is 0.258 e. The Morgan fingerprint density at radius 1 is 1.03 bits per heavy atom. The van der Waals surface area contributed by atoms with E-state index in [1.54, 1.807) is 12.1 Å². The standard InChI is InChI=1S/C26H19ClN4O2S/c27-19-10-5-18(6-11-19)25-22-14-9-16-3-1-2-4-21(16)24(22)29-30(25)26-28-23(15-34-26)17-7-12-20(13-8-17)31(32)33/h1-8,10-13,15,22,25H,9,14H2/t22-,25+/m0/s1. The van der Waals surface area contributed by atoms with Crippen LogP contribution in [0.2, 0.25) is 5.02 Å². The SMILES string of the molecule is O=[N+]([O-])c1ccc(-c2csc(N3N=C4c5ccccc5CC[C@@H]4[C@H]3c3ccc(Cl)cc3)n2)cc1. The van der Waals surface area contributed by atoms with Crippen LogP contribution in [-0.4, -0.2) is 15.6 Å². The molecule has 6 rings (SSSR count). The lowest BCUT2D eigenvalue weighted by atomic mass is 9.77. The van der Waals surface area contributed by atoms with Crippen molar-refractivity contribution >= 4 is 39.5 Å². The minimum atomic E-state index is -0.396. The summed E-state index contributed by atoms with van der Waals surface area (Å²) in [5.74, 6) is 0.253. The topological polar surface area (TPSA) is 71.6 Å². The van der Waals surface area contributed by atoms with Gasteiger partial charge in [0.25, 0.3) is 5.69 Å². The summed E-state index contributed by atoms with van der Waals surface area (Å²) in [6, 6.07) is 23.0. The highest BCUT2D eigenvalue weighted by Crippen LogP contribution is 2.46. The van der Waals surface area contributed by atoms with E-state index in [0.717, 1.165) is 40.5 Å². The quantitative estimate of drug-likeness (QED) is 0.232. The van der Waals surface area contributed by atoms with Gasteiger partial charge in [0, 0.05) is 39.6 Å². The van der Waals surface area contributed by atoms with Crippen molar-refractivity contribution in [2.75, 3.05) is 5.01 Å². The molecule has 0 amide bonds. The van der Waals surface area contributed by atoms with Crippen molar-refractivity contribution in [2.24, 2.45) is 11.0 Å². The van der Waals surface area contributed by atoms with E-state index in [-0.39, 0.29) is 17.6 Å². The van der Waals surface area contributed by atoms with Gasteiger partial charge in [-0.25, -0.2) is 9.99 Å². The molecule has 168 valence electrons. The zero-order chi connectivity index (χ0) is 23.2. The maximum absolute atomic E-state index is 11.0. The van der Waals surface area contributed by atoms with E-state index in [9.17, 15) is 10.1 Å². The molecular formula is C26H19ClN4O2S. The molecule has 0 spiro atoms. The molecule has 0 saturated carbocycles. The molecule has 3 aromatic carbocycles.